The second kappa shape index (κ2) is 31.2. The number of aromatic hydroxyl groups is 1. The van der Waals surface area contributed by atoms with Crippen molar-refractivity contribution in [3.63, 3.8) is 0 Å². The average molecular weight is 1250 g/mol. The van der Waals surface area contributed by atoms with Gasteiger partial charge in [0.25, 0.3) is 0 Å². The topological polar surface area (TPSA) is 72.8 Å². The number of rotatable bonds is 28. The molecule has 9 rings (SSSR count). The zero-order chi connectivity index (χ0) is 58.1. The summed E-state index contributed by atoms with van der Waals surface area (Å²) in [5.74, 6) is 13.2. The molecule has 0 bridgehead atoms. The number of esters is 2. The van der Waals surface area contributed by atoms with Gasteiger partial charge in [-0.05, 0) is 165 Å². The standard InChI is InChI=1S/C70H74O5S8/c1-7-11-15-19-23-48-42-61(55-35-37-59(78-55)67-50(25-21-17-13-9-3)44-63(82-67)69(72)74-5)80-65(48)57-33-31-53(76-57)29-27-46-39-47(41-52(71)40-46)28-30-54-32-34-58(77-54)66-49(24-20-16-12-8-2)43-62(81-66)56-36-38-60(79-56)68-51(26-22-18-14-10-4)45-64(83-68)70(73)75-6/h31-45,71H,7-26H2,1-6H3. The zero-order valence-corrected chi connectivity index (χ0v) is 55.2. The van der Waals surface area contributed by atoms with Crippen LogP contribution >= 0.6 is 90.7 Å². The molecule has 0 unspecified atom stereocenters. The number of aryl methyl sites for hydroxylation is 4. The summed E-state index contributed by atoms with van der Waals surface area (Å²) in [5.41, 5.74) is 6.69. The number of benzene rings is 1. The molecule has 0 fully saturated rings. The van der Waals surface area contributed by atoms with E-state index in [1.54, 1.807) is 57.5 Å². The Hall–Kier alpha value is -5.32. The molecule has 13 heteroatoms. The van der Waals surface area contributed by atoms with Crippen molar-refractivity contribution in [3.05, 3.63) is 144 Å². The van der Waals surface area contributed by atoms with Crippen LogP contribution in [0.15, 0.2) is 91.0 Å². The van der Waals surface area contributed by atoms with Gasteiger partial charge in [-0.25, -0.2) is 9.59 Å². The van der Waals surface area contributed by atoms with Crippen molar-refractivity contribution in [2.45, 2.75) is 156 Å². The SMILES string of the molecule is CCCCCCc1cc(C(=O)OC)sc1-c1ccc(-c2cc(CCCCCC)c(-c3ccc(C#Cc4cc(O)cc(C#Cc5ccc(-c6sc(-c7ccc(-c8sc(C(=O)OC)cc8CCCCCC)s7)cc6CCCCCC)s5)c4)s3)s2)s1. The number of methoxy groups -OCH3 is 2. The van der Waals surface area contributed by atoms with Crippen molar-refractivity contribution < 1.29 is 24.2 Å². The maximum atomic E-state index is 12.7. The molecule has 0 amide bonds. The van der Waals surface area contributed by atoms with Gasteiger partial charge in [-0.15, -0.1) is 90.7 Å². The van der Waals surface area contributed by atoms with E-state index in [-0.39, 0.29) is 17.7 Å². The van der Waals surface area contributed by atoms with Crippen LogP contribution in [0.25, 0.3) is 58.5 Å². The van der Waals surface area contributed by atoms with Crippen LogP contribution in [0.4, 0.5) is 0 Å². The van der Waals surface area contributed by atoms with Crippen LogP contribution < -0.4 is 0 Å². The van der Waals surface area contributed by atoms with Crippen molar-refractivity contribution in [2.24, 2.45) is 0 Å². The van der Waals surface area contributed by atoms with Crippen molar-refractivity contribution in [2.75, 3.05) is 14.2 Å². The van der Waals surface area contributed by atoms with E-state index in [1.165, 1.54) is 172 Å². The Labute approximate surface area is 524 Å². The largest absolute Gasteiger partial charge is 0.508 e. The van der Waals surface area contributed by atoms with Crippen molar-refractivity contribution in [1.82, 2.24) is 0 Å². The number of carbonyl (C=O) groups is 2. The van der Waals surface area contributed by atoms with Gasteiger partial charge in [-0.3, -0.25) is 0 Å². The predicted octanol–water partition coefficient (Wildman–Crippen LogP) is 22.8. The molecule has 0 saturated carbocycles. The highest BCUT2D eigenvalue weighted by molar-refractivity contribution is 7.30. The molecule has 9 aromatic rings. The quantitative estimate of drug-likeness (QED) is 0.0301. The molecule has 8 aromatic heterocycles. The Morgan fingerprint density at radius 3 is 1.07 bits per heavy atom. The third-order valence-corrected chi connectivity index (χ3v) is 24.5. The number of phenolic OH excluding ortho intramolecular Hbond substituents is 1. The summed E-state index contributed by atoms with van der Waals surface area (Å²) in [5, 5.41) is 10.9. The van der Waals surface area contributed by atoms with Gasteiger partial charge in [0.2, 0.25) is 0 Å². The zero-order valence-electron chi connectivity index (χ0n) is 48.6. The van der Waals surface area contributed by atoms with Gasteiger partial charge >= 0.3 is 11.9 Å². The van der Waals surface area contributed by atoms with Crippen molar-refractivity contribution in [3.8, 4) is 88.0 Å². The number of hydrogen-bond donors (Lipinski definition) is 1. The summed E-state index contributed by atoms with van der Waals surface area (Å²) < 4.78 is 10.3. The lowest BCUT2D eigenvalue weighted by atomic mass is 10.1. The van der Waals surface area contributed by atoms with E-state index in [9.17, 15) is 14.7 Å². The summed E-state index contributed by atoms with van der Waals surface area (Å²) in [7, 11) is 2.92. The minimum absolute atomic E-state index is 0.142. The maximum Gasteiger partial charge on any atom is 0.348 e. The van der Waals surface area contributed by atoms with Crippen LogP contribution in [-0.2, 0) is 35.2 Å². The lowest BCUT2D eigenvalue weighted by Crippen LogP contribution is -1.97. The Bertz CT molecular complexity index is 3480. The molecule has 0 spiro atoms. The molecule has 5 nitrogen and oxygen atoms in total. The Morgan fingerprint density at radius 2 is 0.699 bits per heavy atom. The fourth-order valence-electron chi connectivity index (χ4n) is 10.2. The van der Waals surface area contributed by atoms with Crippen LogP contribution in [0.1, 0.15) is 193 Å². The molecule has 0 aliphatic carbocycles. The highest BCUT2D eigenvalue weighted by Crippen LogP contribution is 2.49. The van der Waals surface area contributed by atoms with E-state index in [0.717, 1.165) is 72.2 Å². The molecule has 432 valence electrons. The lowest BCUT2D eigenvalue weighted by molar-refractivity contribution is 0.0597. The number of phenols is 1. The molecular formula is C70H74O5S8. The van der Waals surface area contributed by atoms with E-state index >= 15 is 0 Å². The number of ether oxygens (including phenoxy) is 2. The number of thiophene rings is 8. The van der Waals surface area contributed by atoms with Crippen molar-refractivity contribution in [1.29, 1.82) is 0 Å². The second-order valence-electron chi connectivity index (χ2n) is 21.0. The van der Waals surface area contributed by atoms with E-state index in [4.69, 9.17) is 9.47 Å². The Kier molecular flexibility index (Phi) is 23.4. The van der Waals surface area contributed by atoms with Crippen LogP contribution in [-0.4, -0.2) is 31.3 Å². The fourth-order valence-corrected chi connectivity index (χ4v) is 19.3. The molecule has 0 radical (unpaired) electrons. The first-order valence-electron chi connectivity index (χ1n) is 29.5. The molecule has 8 heterocycles. The monoisotopic (exact) mass is 1250 g/mol. The summed E-state index contributed by atoms with van der Waals surface area (Å²) in [6.07, 6.45) is 23.0. The smallest absolute Gasteiger partial charge is 0.348 e. The minimum atomic E-state index is -0.267. The normalized spacial score (nSPS) is 11.2. The fraction of sp³-hybridized carbons (Fsp3) is 0.371. The molecule has 0 aliphatic heterocycles. The molecule has 1 aromatic carbocycles. The predicted molar refractivity (Wildman–Crippen MR) is 363 cm³/mol. The van der Waals surface area contributed by atoms with E-state index < -0.39 is 0 Å². The number of carbonyl (C=O) groups excluding carboxylic acids is 2. The first kappa shape index (κ1) is 62.2. The molecule has 83 heavy (non-hydrogen) atoms. The minimum Gasteiger partial charge on any atom is -0.508 e. The van der Waals surface area contributed by atoms with Gasteiger partial charge in [-0.1, -0.05) is 128 Å². The Morgan fingerprint density at radius 1 is 0.361 bits per heavy atom. The highest BCUT2D eigenvalue weighted by atomic mass is 32.1. The third-order valence-electron chi connectivity index (χ3n) is 14.6. The van der Waals surface area contributed by atoms with Crippen LogP contribution in [0.5, 0.6) is 5.75 Å². The highest BCUT2D eigenvalue weighted by Gasteiger charge is 2.23. The van der Waals surface area contributed by atoms with Gasteiger partial charge < -0.3 is 14.6 Å². The third kappa shape index (κ3) is 16.6. The second-order valence-corrected chi connectivity index (χ2v) is 29.6. The summed E-state index contributed by atoms with van der Waals surface area (Å²) in [6.45, 7) is 8.99. The van der Waals surface area contributed by atoms with Crippen LogP contribution in [0.3, 0.4) is 0 Å². The molecular weight excluding hydrogens is 1180 g/mol. The van der Waals surface area contributed by atoms with Gasteiger partial charge in [0, 0.05) is 69.7 Å². The summed E-state index contributed by atoms with van der Waals surface area (Å²) in [4.78, 5) is 43.5. The Balaban J connectivity index is 0.921. The van der Waals surface area contributed by atoms with Gasteiger partial charge in [0.1, 0.15) is 15.5 Å². The van der Waals surface area contributed by atoms with Crippen LogP contribution in [0.2, 0.25) is 0 Å². The number of unbranched alkanes of at least 4 members (excludes halogenated alkanes) is 12. The molecule has 0 aliphatic rings. The molecule has 0 saturated heterocycles. The number of hydrogen-bond acceptors (Lipinski definition) is 13. The summed E-state index contributed by atoms with van der Waals surface area (Å²) >= 11 is 13.9. The van der Waals surface area contributed by atoms with Crippen molar-refractivity contribution >= 4 is 103 Å². The van der Waals surface area contributed by atoms with Crippen LogP contribution in [0, 0.1) is 23.7 Å². The maximum absolute atomic E-state index is 12.7. The molecule has 1 N–H and O–H groups in total. The van der Waals surface area contributed by atoms with Gasteiger partial charge in [0.15, 0.2) is 0 Å². The molecule has 0 atom stereocenters. The van der Waals surface area contributed by atoms with Gasteiger partial charge in [-0.2, -0.15) is 0 Å². The first-order chi connectivity index (χ1) is 40.6. The average Bonchev–Trinajstić information content (AvgIpc) is 4.23. The first-order valence-corrected chi connectivity index (χ1v) is 36.1. The summed E-state index contributed by atoms with van der Waals surface area (Å²) in [6, 6.07) is 32.0. The lowest BCUT2D eigenvalue weighted by Gasteiger charge is -2.02. The van der Waals surface area contributed by atoms with Gasteiger partial charge in [0.05, 0.1) is 24.0 Å². The van der Waals surface area contributed by atoms with E-state index in [1.807, 2.05) is 51.4 Å². The van der Waals surface area contributed by atoms with E-state index in [2.05, 4.69) is 124 Å². The van der Waals surface area contributed by atoms with E-state index in [0.29, 0.717) is 9.75 Å².